The summed E-state index contributed by atoms with van der Waals surface area (Å²) in [6, 6.07) is 24.6. The Bertz CT molecular complexity index is 1170. The maximum absolute atomic E-state index is 13.1. The van der Waals surface area contributed by atoms with E-state index in [0.717, 1.165) is 16.7 Å². The molecule has 0 unspecified atom stereocenters. The van der Waals surface area contributed by atoms with Crippen molar-refractivity contribution in [3.8, 4) is 12.1 Å². The SMILES string of the molecule is C=CCC(C#N)(C#N)C1=C([C@@](I)(/C=C/c2ccccc2)c2ccccc2)CCC(=O)C1(C)C. The van der Waals surface area contributed by atoms with E-state index in [4.69, 9.17) is 0 Å². The van der Waals surface area contributed by atoms with Gasteiger partial charge in [0.2, 0.25) is 0 Å². The van der Waals surface area contributed by atoms with Gasteiger partial charge >= 0.3 is 0 Å². The molecule has 0 aromatic heterocycles. The number of hydrogen-bond acceptors (Lipinski definition) is 3. The van der Waals surface area contributed by atoms with Crippen LogP contribution in [0.1, 0.15) is 44.2 Å². The van der Waals surface area contributed by atoms with E-state index < -0.39 is 14.3 Å². The summed E-state index contributed by atoms with van der Waals surface area (Å²) in [7, 11) is 0. The second-order valence-corrected chi connectivity index (χ2v) is 10.5. The summed E-state index contributed by atoms with van der Waals surface area (Å²) in [4.78, 5) is 13.1. The lowest BCUT2D eigenvalue weighted by Crippen LogP contribution is -2.42. The van der Waals surface area contributed by atoms with Gasteiger partial charge in [-0.2, -0.15) is 10.5 Å². The summed E-state index contributed by atoms with van der Waals surface area (Å²) >= 11 is 2.43. The van der Waals surface area contributed by atoms with Crippen LogP contribution in [-0.2, 0) is 8.22 Å². The molecule has 3 rings (SSSR count). The molecule has 0 N–H and O–H groups in total. The smallest absolute Gasteiger partial charge is 0.169 e. The van der Waals surface area contributed by atoms with Gasteiger partial charge in [-0.1, -0.05) is 101 Å². The third kappa shape index (κ3) is 4.59. The van der Waals surface area contributed by atoms with Crippen molar-refractivity contribution in [2.75, 3.05) is 0 Å². The average Bonchev–Trinajstić information content (AvgIpc) is 2.84. The molecule has 0 aliphatic heterocycles. The summed E-state index contributed by atoms with van der Waals surface area (Å²) in [6.07, 6.45) is 6.84. The third-order valence-corrected chi connectivity index (χ3v) is 8.06. The first-order valence-corrected chi connectivity index (χ1v) is 12.0. The molecule has 2 aromatic carbocycles. The predicted molar refractivity (Wildman–Crippen MR) is 141 cm³/mol. The van der Waals surface area contributed by atoms with Crippen LogP contribution in [0.5, 0.6) is 0 Å². The number of rotatable bonds is 7. The summed E-state index contributed by atoms with van der Waals surface area (Å²) < 4.78 is -0.637. The number of halogens is 1. The fourth-order valence-corrected chi connectivity index (χ4v) is 5.80. The average molecular weight is 546 g/mol. The van der Waals surface area contributed by atoms with Gasteiger partial charge in [0.1, 0.15) is 5.78 Å². The number of ketones is 1. The van der Waals surface area contributed by atoms with Crippen molar-refractivity contribution in [2.24, 2.45) is 10.8 Å². The van der Waals surface area contributed by atoms with Crippen molar-refractivity contribution in [3.63, 3.8) is 0 Å². The van der Waals surface area contributed by atoms with E-state index in [0.29, 0.717) is 18.4 Å². The van der Waals surface area contributed by atoms with Gasteiger partial charge in [0.25, 0.3) is 0 Å². The maximum atomic E-state index is 13.1. The first-order valence-electron chi connectivity index (χ1n) is 10.9. The number of hydrogen-bond donors (Lipinski definition) is 0. The predicted octanol–water partition coefficient (Wildman–Crippen LogP) is 7.33. The highest BCUT2D eigenvalue weighted by atomic mass is 127. The molecule has 3 nitrogen and oxygen atoms in total. The van der Waals surface area contributed by atoms with E-state index >= 15 is 0 Å². The summed E-state index contributed by atoms with van der Waals surface area (Å²) in [5, 5.41) is 20.5. The monoisotopic (exact) mass is 546 g/mol. The van der Waals surface area contributed by atoms with Crippen LogP contribution in [0.15, 0.2) is 90.5 Å². The fraction of sp³-hybridized carbons (Fsp3) is 0.276. The molecule has 1 atom stereocenters. The molecule has 1 aliphatic carbocycles. The van der Waals surface area contributed by atoms with E-state index in [-0.39, 0.29) is 12.2 Å². The number of alkyl halides is 1. The third-order valence-electron chi connectivity index (χ3n) is 6.42. The van der Waals surface area contributed by atoms with Gasteiger partial charge in [0, 0.05) is 18.3 Å². The lowest BCUT2D eigenvalue weighted by Gasteiger charge is -2.43. The van der Waals surface area contributed by atoms with Crippen LogP contribution in [0.3, 0.4) is 0 Å². The molecule has 0 saturated carbocycles. The molecule has 0 radical (unpaired) electrons. The van der Waals surface area contributed by atoms with Crippen LogP contribution < -0.4 is 0 Å². The highest BCUT2D eigenvalue weighted by molar-refractivity contribution is 14.1. The topological polar surface area (TPSA) is 64.7 Å². The summed E-state index contributed by atoms with van der Waals surface area (Å²) in [5.41, 5.74) is 1.28. The zero-order valence-corrected chi connectivity index (χ0v) is 21.2. The van der Waals surface area contributed by atoms with Crippen LogP contribution in [0.2, 0.25) is 0 Å². The minimum Gasteiger partial charge on any atom is -0.299 e. The zero-order valence-electron chi connectivity index (χ0n) is 19.0. The van der Waals surface area contributed by atoms with Gasteiger partial charge in [0.15, 0.2) is 5.41 Å². The summed E-state index contributed by atoms with van der Waals surface area (Å²) in [6.45, 7) is 7.49. The fourth-order valence-electron chi connectivity index (χ4n) is 4.72. The minimum absolute atomic E-state index is 0.0547. The Labute approximate surface area is 210 Å². The molecular weight excluding hydrogens is 519 g/mol. The molecule has 0 saturated heterocycles. The van der Waals surface area contributed by atoms with Crippen molar-refractivity contribution in [2.45, 2.75) is 36.5 Å². The molecule has 0 spiro atoms. The maximum Gasteiger partial charge on any atom is 0.169 e. The van der Waals surface area contributed by atoms with Crippen molar-refractivity contribution < 1.29 is 4.79 Å². The Morgan fingerprint density at radius 2 is 1.61 bits per heavy atom. The van der Waals surface area contributed by atoms with Gasteiger partial charge in [-0.05, 0) is 42.5 Å². The Hall–Kier alpha value is -2.96. The molecule has 0 fully saturated rings. The first kappa shape index (κ1) is 24.7. The Morgan fingerprint density at radius 3 is 2.15 bits per heavy atom. The number of nitrogens with zero attached hydrogens (tertiary/aromatic N) is 2. The molecule has 0 bridgehead atoms. The van der Waals surface area contributed by atoms with E-state index in [1.54, 1.807) is 6.08 Å². The number of Topliss-reactive ketones (excluding diaryl/α,β-unsaturated/α-hetero) is 1. The Balaban J connectivity index is 2.40. The second kappa shape index (κ2) is 9.89. The Morgan fingerprint density at radius 1 is 1.03 bits per heavy atom. The van der Waals surface area contributed by atoms with Crippen LogP contribution in [-0.4, -0.2) is 5.78 Å². The van der Waals surface area contributed by atoms with Gasteiger partial charge in [-0.15, -0.1) is 6.58 Å². The summed E-state index contributed by atoms with van der Waals surface area (Å²) in [5.74, 6) is 0.0547. The van der Waals surface area contributed by atoms with Gasteiger partial charge < -0.3 is 0 Å². The number of carbonyl (C=O) groups excluding carboxylic acids is 1. The zero-order chi connectivity index (χ0) is 24.1. The molecule has 4 heteroatoms. The molecule has 166 valence electrons. The highest BCUT2D eigenvalue weighted by Gasteiger charge is 2.52. The largest absolute Gasteiger partial charge is 0.299 e. The molecule has 0 heterocycles. The van der Waals surface area contributed by atoms with Gasteiger partial charge in [0.05, 0.1) is 15.6 Å². The Kier molecular flexibility index (Phi) is 7.40. The molecule has 0 amide bonds. The molecular formula is C29H27IN2O. The molecule has 2 aromatic rings. The minimum atomic E-state index is -1.46. The normalized spacial score (nSPS) is 17.8. The molecule has 33 heavy (non-hydrogen) atoms. The van der Waals surface area contributed by atoms with Gasteiger partial charge in [-0.25, -0.2) is 0 Å². The quantitative estimate of drug-likeness (QED) is 0.208. The van der Waals surface area contributed by atoms with E-state index in [1.807, 2.05) is 62.4 Å². The number of nitriles is 2. The van der Waals surface area contributed by atoms with Crippen molar-refractivity contribution >= 4 is 34.5 Å². The van der Waals surface area contributed by atoms with E-state index in [9.17, 15) is 15.3 Å². The van der Waals surface area contributed by atoms with E-state index in [2.05, 4.69) is 65.6 Å². The lowest BCUT2D eigenvalue weighted by molar-refractivity contribution is -0.126. The lowest BCUT2D eigenvalue weighted by atomic mass is 9.58. The van der Waals surface area contributed by atoms with Crippen LogP contribution in [0.4, 0.5) is 0 Å². The van der Waals surface area contributed by atoms with Crippen LogP contribution >= 0.6 is 22.6 Å². The molecule has 1 aliphatic rings. The van der Waals surface area contributed by atoms with Crippen molar-refractivity contribution in [3.05, 3.63) is 102 Å². The second-order valence-electron chi connectivity index (χ2n) is 8.85. The van der Waals surface area contributed by atoms with Crippen molar-refractivity contribution in [1.29, 1.82) is 10.5 Å². The van der Waals surface area contributed by atoms with E-state index in [1.165, 1.54) is 0 Å². The van der Waals surface area contributed by atoms with Crippen LogP contribution in [0.25, 0.3) is 6.08 Å². The highest BCUT2D eigenvalue weighted by Crippen LogP contribution is 2.56. The number of carbonyl (C=O) groups is 1. The van der Waals surface area contributed by atoms with Gasteiger partial charge in [-0.3, -0.25) is 4.79 Å². The van der Waals surface area contributed by atoms with Crippen LogP contribution in [0, 0.1) is 33.5 Å². The van der Waals surface area contributed by atoms with Crippen molar-refractivity contribution in [1.82, 2.24) is 0 Å². The standard InChI is InChI=1S/C29H27IN2O/c1-4-18-28(20-31,21-32)26-24(15-16-25(33)27(26,2)3)29(30,23-13-9-6-10-14-23)19-17-22-11-7-5-8-12-22/h4-14,17,19H,1,15-16,18H2,2-3H3/b19-17+/t29-/m1/s1. The number of allylic oxidation sites excluding steroid dienone is 4. The number of benzene rings is 2. The first-order chi connectivity index (χ1) is 15.7.